The Balaban J connectivity index is 2.01. The van der Waals surface area contributed by atoms with E-state index in [9.17, 15) is 0 Å². The summed E-state index contributed by atoms with van der Waals surface area (Å²) in [6, 6.07) is 0.662. The fourth-order valence-electron chi connectivity index (χ4n) is 1.42. The van der Waals surface area contributed by atoms with E-state index in [2.05, 4.69) is 10.6 Å². The summed E-state index contributed by atoms with van der Waals surface area (Å²) < 4.78 is 0. The van der Waals surface area contributed by atoms with Crippen molar-refractivity contribution in [1.29, 1.82) is 0 Å². The molecule has 1 heterocycles. The molecule has 0 aromatic rings. The van der Waals surface area contributed by atoms with Crippen LogP contribution in [-0.2, 0) is 0 Å². The van der Waals surface area contributed by atoms with Crippen molar-refractivity contribution in [1.82, 2.24) is 10.6 Å². The van der Waals surface area contributed by atoms with Gasteiger partial charge in [0, 0.05) is 12.6 Å². The zero-order chi connectivity index (χ0) is 8.65. The van der Waals surface area contributed by atoms with Gasteiger partial charge >= 0.3 is 0 Å². The van der Waals surface area contributed by atoms with Crippen LogP contribution in [0.1, 0.15) is 12.8 Å². The SMILES string of the molecule is OC/C=C/CNC1CCNCC1. The Kier molecular flexibility index (Phi) is 4.99. The third-order valence-electron chi connectivity index (χ3n) is 2.14. The fraction of sp³-hybridized carbons (Fsp3) is 0.778. The molecular weight excluding hydrogens is 152 g/mol. The van der Waals surface area contributed by atoms with E-state index in [-0.39, 0.29) is 6.61 Å². The molecule has 1 saturated heterocycles. The monoisotopic (exact) mass is 170 g/mol. The average Bonchev–Trinajstić information content (AvgIpc) is 2.14. The van der Waals surface area contributed by atoms with E-state index in [4.69, 9.17) is 5.11 Å². The van der Waals surface area contributed by atoms with Crippen molar-refractivity contribution in [2.45, 2.75) is 18.9 Å². The molecule has 0 unspecified atom stereocenters. The molecule has 0 bridgehead atoms. The van der Waals surface area contributed by atoms with Gasteiger partial charge < -0.3 is 15.7 Å². The number of nitrogens with one attached hydrogen (secondary N) is 2. The molecule has 1 rings (SSSR count). The third-order valence-corrected chi connectivity index (χ3v) is 2.14. The number of aliphatic hydroxyl groups excluding tert-OH is 1. The normalized spacial score (nSPS) is 20.4. The molecule has 0 atom stereocenters. The van der Waals surface area contributed by atoms with E-state index in [1.165, 1.54) is 12.8 Å². The second-order valence-corrected chi connectivity index (χ2v) is 3.09. The first-order chi connectivity index (χ1) is 5.93. The van der Waals surface area contributed by atoms with E-state index >= 15 is 0 Å². The quantitative estimate of drug-likeness (QED) is 0.515. The Morgan fingerprint density at radius 1 is 1.33 bits per heavy atom. The molecule has 70 valence electrons. The molecule has 1 aliphatic heterocycles. The number of piperidine rings is 1. The Hall–Kier alpha value is -0.380. The van der Waals surface area contributed by atoms with Gasteiger partial charge in [-0.15, -0.1) is 0 Å². The highest BCUT2D eigenvalue weighted by Crippen LogP contribution is 2.00. The zero-order valence-corrected chi connectivity index (χ0v) is 7.42. The Bertz CT molecular complexity index is 130. The molecule has 0 aromatic heterocycles. The van der Waals surface area contributed by atoms with Gasteiger partial charge in [-0.1, -0.05) is 12.2 Å². The Morgan fingerprint density at radius 2 is 2.08 bits per heavy atom. The van der Waals surface area contributed by atoms with Crippen LogP contribution >= 0.6 is 0 Å². The smallest absolute Gasteiger partial charge is 0.0612 e. The van der Waals surface area contributed by atoms with E-state index < -0.39 is 0 Å². The standard InChI is InChI=1S/C9H18N2O/c12-8-2-1-5-11-9-3-6-10-7-4-9/h1-2,9-12H,3-8H2/b2-1+. The Labute approximate surface area is 73.9 Å². The van der Waals surface area contributed by atoms with Crippen molar-refractivity contribution in [3.63, 3.8) is 0 Å². The molecule has 12 heavy (non-hydrogen) atoms. The first-order valence-corrected chi connectivity index (χ1v) is 4.63. The van der Waals surface area contributed by atoms with E-state index in [0.29, 0.717) is 6.04 Å². The molecule has 3 nitrogen and oxygen atoms in total. The molecule has 0 radical (unpaired) electrons. The summed E-state index contributed by atoms with van der Waals surface area (Å²) in [5.41, 5.74) is 0. The van der Waals surface area contributed by atoms with Crippen LogP contribution in [0.5, 0.6) is 0 Å². The molecule has 1 aliphatic rings. The Morgan fingerprint density at radius 3 is 2.75 bits per heavy atom. The number of hydrogen-bond donors (Lipinski definition) is 3. The molecular formula is C9H18N2O. The summed E-state index contributed by atoms with van der Waals surface area (Å²) in [5.74, 6) is 0. The number of rotatable bonds is 4. The molecule has 3 heteroatoms. The lowest BCUT2D eigenvalue weighted by Gasteiger charge is -2.22. The minimum atomic E-state index is 0.147. The topological polar surface area (TPSA) is 44.3 Å². The minimum Gasteiger partial charge on any atom is -0.392 e. The van der Waals surface area contributed by atoms with Crippen molar-refractivity contribution < 1.29 is 5.11 Å². The van der Waals surface area contributed by atoms with Crippen molar-refractivity contribution in [3.8, 4) is 0 Å². The minimum absolute atomic E-state index is 0.147. The van der Waals surface area contributed by atoms with Crippen molar-refractivity contribution >= 4 is 0 Å². The maximum atomic E-state index is 8.48. The second kappa shape index (κ2) is 6.17. The largest absolute Gasteiger partial charge is 0.392 e. The molecule has 0 aromatic carbocycles. The van der Waals surface area contributed by atoms with Crippen LogP contribution in [0.25, 0.3) is 0 Å². The molecule has 3 N–H and O–H groups in total. The van der Waals surface area contributed by atoms with E-state index in [0.717, 1.165) is 19.6 Å². The van der Waals surface area contributed by atoms with Gasteiger partial charge in [0.05, 0.1) is 6.61 Å². The van der Waals surface area contributed by atoms with Crippen LogP contribution in [0.3, 0.4) is 0 Å². The van der Waals surface area contributed by atoms with Gasteiger partial charge in [0.15, 0.2) is 0 Å². The fourth-order valence-corrected chi connectivity index (χ4v) is 1.42. The van der Waals surface area contributed by atoms with Crippen molar-refractivity contribution in [3.05, 3.63) is 12.2 Å². The van der Waals surface area contributed by atoms with Gasteiger partial charge in [0.2, 0.25) is 0 Å². The predicted molar refractivity (Wildman–Crippen MR) is 50.1 cm³/mol. The van der Waals surface area contributed by atoms with Crippen LogP contribution in [-0.4, -0.2) is 37.4 Å². The highest BCUT2D eigenvalue weighted by atomic mass is 16.2. The van der Waals surface area contributed by atoms with Crippen LogP contribution in [0.15, 0.2) is 12.2 Å². The molecule has 0 aliphatic carbocycles. The van der Waals surface area contributed by atoms with Crippen molar-refractivity contribution in [2.75, 3.05) is 26.2 Å². The van der Waals surface area contributed by atoms with Crippen LogP contribution in [0.4, 0.5) is 0 Å². The number of aliphatic hydroxyl groups is 1. The first-order valence-electron chi connectivity index (χ1n) is 4.63. The summed E-state index contributed by atoms with van der Waals surface area (Å²) in [4.78, 5) is 0. The summed E-state index contributed by atoms with van der Waals surface area (Å²) >= 11 is 0. The predicted octanol–water partition coefficient (Wildman–Crippen LogP) is -0.123. The lowest BCUT2D eigenvalue weighted by molar-refractivity contribution is 0.342. The van der Waals surface area contributed by atoms with Crippen LogP contribution in [0, 0.1) is 0 Å². The highest BCUT2D eigenvalue weighted by molar-refractivity contribution is 4.85. The molecule has 1 fully saturated rings. The number of hydrogen-bond acceptors (Lipinski definition) is 3. The van der Waals surface area contributed by atoms with Gasteiger partial charge in [0.25, 0.3) is 0 Å². The lowest BCUT2D eigenvalue weighted by atomic mass is 10.1. The molecule has 0 spiro atoms. The third kappa shape index (κ3) is 3.85. The highest BCUT2D eigenvalue weighted by Gasteiger charge is 2.10. The average molecular weight is 170 g/mol. The maximum Gasteiger partial charge on any atom is 0.0612 e. The van der Waals surface area contributed by atoms with E-state index in [1.54, 1.807) is 6.08 Å². The van der Waals surface area contributed by atoms with Gasteiger partial charge in [0.1, 0.15) is 0 Å². The maximum absolute atomic E-state index is 8.48. The van der Waals surface area contributed by atoms with Gasteiger partial charge in [-0.05, 0) is 25.9 Å². The molecule has 0 amide bonds. The van der Waals surface area contributed by atoms with E-state index in [1.807, 2.05) is 6.08 Å². The van der Waals surface area contributed by atoms with Crippen LogP contribution in [0.2, 0.25) is 0 Å². The zero-order valence-electron chi connectivity index (χ0n) is 7.42. The molecule has 0 saturated carbocycles. The van der Waals surface area contributed by atoms with Crippen LogP contribution < -0.4 is 10.6 Å². The second-order valence-electron chi connectivity index (χ2n) is 3.09. The summed E-state index contributed by atoms with van der Waals surface area (Å²) in [6.07, 6.45) is 6.18. The van der Waals surface area contributed by atoms with Crippen molar-refractivity contribution in [2.24, 2.45) is 0 Å². The lowest BCUT2D eigenvalue weighted by Crippen LogP contribution is -2.39. The summed E-state index contributed by atoms with van der Waals surface area (Å²) in [6.45, 7) is 3.28. The first kappa shape index (κ1) is 9.71. The summed E-state index contributed by atoms with van der Waals surface area (Å²) in [5, 5.41) is 15.2. The van der Waals surface area contributed by atoms with Gasteiger partial charge in [-0.3, -0.25) is 0 Å². The van der Waals surface area contributed by atoms with Gasteiger partial charge in [-0.25, -0.2) is 0 Å². The van der Waals surface area contributed by atoms with Gasteiger partial charge in [-0.2, -0.15) is 0 Å². The summed E-state index contributed by atoms with van der Waals surface area (Å²) in [7, 11) is 0.